The van der Waals surface area contributed by atoms with Crippen LogP contribution in [0.15, 0.2) is 0 Å². The van der Waals surface area contributed by atoms with Crippen molar-refractivity contribution < 1.29 is 34.0 Å². The Labute approximate surface area is 273 Å². The van der Waals surface area contributed by atoms with Gasteiger partial charge in [0.15, 0.2) is 14.6 Å². The van der Waals surface area contributed by atoms with E-state index in [2.05, 4.69) is 47.7 Å². The predicted molar refractivity (Wildman–Crippen MR) is 185 cm³/mol. The molecule has 1 fully saturated rings. The molecule has 0 unspecified atom stereocenters. The minimum absolute atomic E-state index is 0.0262. The number of hydrogen-bond donors (Lipinski definition) is 3. The van der Waals surface area contributed by atoms with Crippen molar-refractivity contribution in [2.24, 2.45) is 0 Å². The van der Waals surface area contributed by atoms with Crippen molar-refractivity contribution in [3.63, 3.8) is 0 Å². The van der Waals surface area contributed by atoms with Crippen LogP contribution in [-0.4, -0.2) is 80.3 Å². The van der Waals surface area contributed by atoms with E-state index in [9.17, 15) is 15.3 Å². The van der Waals surface area contributed by atoms with Gasteiger partial charge in [0.25, 0.3) is 0 Å². The average Bonchev–Trinajstić information content (AvgIpc) is 2.96. The molecular formula is C36H74O7Si. The van der Waals surface area contributed by atoms with Crippen LogP contribution < -0.4 is 0 Å². The van der Waals surface area contributed by atoms with Crippen LogP contribution in [-0.2, 0) is 18.6 Å². The first-order chi connectivity index (χ1) is 20.9. The lowest BCUT2D eigenvalue weighted by Crippen LogP contribution is -2.61. The van der Waals surface area contributed by atoms with Gasteiger partial charge in [0, 0.05) is 13.2 Å². The zero-order valence-corrected chi connectivity index (χ0v) is 31.0. The van der Waals surface area contributed by atoms with Crippen LogP contribution in [0.4, 0.5) is 0 Å². The summed E-state index contributed by atoms with van der Waals surface area (Å²) in [5.41, 5.74) is 0. The van der Waals surface area contributed by atoms with Gasteiger partial charge in [-0.05, 0) is 37.4 Å². The second kappa shape index (κ2) is 24.1. The van der Waals surface area contributed by atoms with Crippen molar-refractivity contribution in [2.45, 2.75) is 212 Å². The van der Waals surface area contributed by atoms with Gasteiger partial charge in [-0.1, -0.05) is 137 Å². The van der Waals surface area contributed by atoms with E-state index in [1.807, 2.05) is 0 Å². The monoisotopic (exact) mass is 647 g/mol. The molecule has 1 rings (SSSR count). The second-order valence-electron chi connectivity index (χ2n) is 14.8. The van der Waals surface area contributed by atoms with Crippen molar-refractivity contribution in [1.82, 2.24) is 0 Å². The van der Waals surface area contributed by atoms with E-state index >= 15 is 0 Å². The first-order valence-corrected chi connectivity index (χ1v) is 21.4. The molecule has 44 heavy (non-hydrogen) atoms. The summed E-state index contributed by atoms with van der Waals surface area (Å²) in [5, 5.41) is 32.9. The minimum Gasteiger partial charge on any atom is -0.414 e. The molecule has 0 aliphatic carbocycles. The Morgan fingerprint density at radius 1 is 0.659 bits per heavy atom. The van der Waals surface area contributed by atoms with Gasteiger partial charge in [0.1, 0.15) is 24.4 Å². The van der Waals surface area contributed by atoms with E-state index in [4.69, 9.17) is 18.6 Å². The van der Waals surface area contributed by atoms with E-state index in [0.717, 1.165) is 32.1 Å². The molecule has 0 aromatic rings. The van der Waals surface area contributed by atoms with Crippen LogP contribution in [0, 0.1) is 0 Å². The molecule has 0 aromatic carbocycles. The number of ether oxygens (including phenoxy) is 3. The van der Waals surface area contributed by atoms with Crippen LogP contribution in [0.1, 0.15) is 157 Å². The molecule has 0 spiro atoms. The Kier molecular flexibility index (Phi) is 23.0. The lowest BCUT2D eigenvalue weighted by Gasteiger charge is -2.44. The third kappa shape index (κ3) is 17.7. The van der Waals surface area contributed by atoms with Crippen molar-refractivity contribution in [1.29, 1.82) is 0 Å². The molecule has 1 heterocycles. The van der Waals surface area contributed by atoms with E-state index in [1.165, 1.54) is 83.5 Å². The first-order valence-electron chi connectivity index (χ1n) is 18.5. The van der Waals surface area contributed by atoms with Crippen LogP contribution >= 0.6 is 0 Å². The summed E-state index contributed by atoms with van der Waals surface area (Å²) in [6, 6.07) is 0. The lowest BCUT2D eigenvalue weighted by molar-refractivity contribution is -0.303. The smallest absolute Gasteiger partial charge is 0.192 e. The third-order valence-electron chi connectivity index (χ3n) is 9.76. The van der Waals surface area contributed by atoms with Gasteiger partial charge in [0.05, 0.1) is 12.7 Å². The molecule has 0 bridgehead atoms. The molecule has 0 saturated carbocycles. The average molecular weight is 647 g/mol. The highest BCUT2D eigenvalue weighted by Gasteiger charge is 2.47. The molecule has 7 nitrogen and oxygen atoms in total. The largest absolute Gasteiger partial charge is 0.414 e. The lowest BCUT2D eigenvalue weighted by atomic mass is 9.98. The van der Waals surface area contributed by atoms with Crippen LogP contribution in [0.25, 0.3) is 0 Å². The van der Waals surface area contributed by atoms with Crippen molar-refractivity contribution in [3.05, 3.63) is 0 Å². The molecule has 0 aromatic heterocycles. The van der Waals surface area contributed by atoms with Crippen molar-refractivity contribution >= 4 is 8.32 Å². The normalized spacial score (nSPS) is 23.7. The summed E-state index contributed by atoms with van der Waals surface area (Å²) in [7, 11) is -2.06. The molecule has 0 radical (unpaired) electrons. The van der Waals surface area contributed by atoms with Crippen LogP contribution in [0.2, 0.25) is 18.1 Å². The zero-order chi connectivity index (χ0) is 32.8. The maximum Gasteiger partial charge on any atom is 0.192 e. The molecule has 0 amide bonds. The topological polar surface area (TPSA) is 97.6 Å². The highest BCUT2D eigenvalue weighted by atomic mass is 28.4. The molecular weight excluding hydrogens is 572 g/mol. The maximum atomic E-state index is 11.3. The van der Waals surface area contributed by atoms with E-state index in [-0.39, 0.29) is 18.3 Å². The molecule has 264 valence electrons. The molecule has 6 atom stereocenters. The number of rotatable bonds is 27. The van der Waals surface area contributed by atoms with Crippen molar-refractivity contribution in [3.8, 4) is 0 Å². The summed E-state index contributed by atoms with van der Waals surface area (Å²) in [6.07, 6.45) is 17.3. The molecule has 1 aliphatic rings. The quantitative estimate of drug-likeness (QED) is 0.0607. The molecule has 1 aliphatic heterocycles. The SMILES string of the molecule is CCCCCCCCCCC[C@H](O)CCO[C@@H]1[C@@H](OCCCCCCCCCC)[C@H](O)[C@@H](CO[Si](C)(C)C(C)(C)C)O[C@@H]1O. The third-order valence-corrected chi connectivity index (χ3v) is 14.3. The van der Waals surface area contributed by atoms with Gasteiger partial charge in [-0.3, -0.25) is 0 Å². The second-order valence-corrected chi connectivity index (χ2v) is 19.6. The fraction of sp³-hybridized carbons (Fsp3) is 1.00. The highest BCUT2D eigenvalue weighted by molar-refractivity contribution is 6.74. The van der Waals surface area contributed by atoms with Gasteiger partial charge < -0.3 is 34.0 Å². The van der Waals surface area contributed by atoms with Gasteiger partial charge in [-0.15, -0.1) is 0 Å². The van der Waals surface area contributed by atoms with Gasteiger partial charge in [-0.2, -0.15) is 0 Å². The Balaban J connectivity index is 2.56. The maximum absolute atomic E-state index is 11.3. The van der Waals surface area contributed by atoms with E-state index < -0.39 is 45.1 Å². The summed E-state index contributed by atoms with van der Waals surface area (Å²) < 4.78 is 24.5. The Bertz CT molecular complexity index is 671. The minimum atomic E-state index is -2.06. The van der Waals surface area contributed by atoms with E-state index in [1.54, 1.807) is 0 Å². The number of aliphatic hydroxyl groups is 3. The molecule has 3 N–H and O–H groups in total. The Morgan fingerprint density at radius 2 is 1.14 bits per heavy atom. The fourth-order valence-electron chi connectivity index (χ4n) is 5.55. The van der Waals surface area contributed by atoms with Crippen LogP contribution in [0.3, 0.4) is 0 Å². The summed E-state index contributed by atoms with van der Waals surface area (Å²) in [6.45, 7) is 16.3. The van der Waals surface area contributed by atoms with E-state index in [0.29, 0.717) is 13.0 Å². The Morgan fingerprint density at radius 3 is 1.66 bits per heavy atom. The predicted octanol–water partition coefficient (Wildman–Crippen LogP) is 8.67. The number of hydrogen-bond acceptors (Lipinski definition) is 7. The summed E-state index contributed by atoms with van der Waals surface area (Å²) in [5.74, 6) is 0. The van der Waals surface area contributed by atoms with Gasteiger partial charge >= 0.3 is 0 Å². The number of aliphatic hydroxyl groups excluding tert-OH is 3. The van der Waals surface area contributed by atoms with Crippen LogP contribution in [0.5, 0.6) is 0 Å². The number of unbranched alkanes of at least 4 members (excludes halogenated alkanes) is 15. The molecule has 1 saturated heterocycles. The fourth-order valence-corrected chi connectivity index (χ4v) is 6.57. The molecule has 8 heteroatoms. The standard InChI is InChI=1S/C36H74O7Si/c1-8-10-12-14-16-18-19-21-23-25-30(37)26-28-41-34-33(40-27-24-22-20-17-15-13-11-9-2)32(38)31(43-35(34)39)29-42-44(6,7)36(3,4)5/h30-35,37-39H,8-29H2,1-7H3/t30-,31+,32+,33-,34+,35-/m0/s1. The summed E-state index contributed by atoms with van der Waals surface area (Å²) in [4.78, 5) is 0. The summed E-state index contributed by atoms with van der Waals surface area (Å²) >= 11 is 0. The Hall–Kier alpha value is -0.0631. The zero-order valence-electron chi connectivity index (χ0n) is 30.0. The van der Waals surface area contributed by atoms with Gasteiger partial charge in [-0.25, -0.2) is 0 Å². The van der Waals surface area contributed by atoms with Gasteiger partial charge in [0.2, 0.25) is 0 Å². The van der Waals surface area contributed by atoms with Crippen molar-refractivity contribution in [2.75, 3.05) is 19.8 Å². The highest BCUT2D eigenvalue weighted by Crippen LogP contribution is 2.37. The first kappa shape index (κ1) is 42.0.